The Morgan fingerprint density at radius 1 is 1.50 bits per heavy atom. The van der Waals surface area contributed by atoms with E-state index in [0.29, 0.717) is 24.2 Å². The summed E-state index contributed by atoms with van der Waals surface area (Å²) in [6.07, 6.45) is 2.05. The number of pyridine rings is 1. The number of nitrogens with zero attached hydrogens (tertiary/aromatic N) is 1. The molecule has 18 heavy (non-hydrogen) atoms. The summed E-state index contributed by atoms with van der Waals surface area (Å²) in [7, 11) is 0. The van der Waals surface area contributed by atoms with Crippen molar-refractivity contribution in [3.63, 3.8) is 0 Å². The van der Waals surface area contributed by atoms with Crippen molar-refractivity contribution in [2.45, 2.75) is 33.6 Å². The van der Waals surface area contributed by atoms with Crippen molar-refractivity contribution in [3.8, 4) is 0 Å². The van der Waals surface area contributed by atoms with Crippen LogP contribution in [-0.2, 0) is 11.2 Å². The molecule has 0 atom stereocenters. The van der Waals surface area contributed by atoms with Crippen LogP contribution < -0.4 is 5.32 Å². The van der Waals surface area contributed by atoms with E-state index in [-0.39, 0.29) is 12.5 Å². The Bertz CT molecular complexity index is 427. The molecule has 0 aliphatic heterocycles. The normalized spacial score (nSPS) is 11.4. The maximum atomic E-state index is 13.1. The highest BCUT2D eigenvalue weighted by Gasteiger charge is 2.22. The molecule has 4 nitrogen and oxygen atoms in total. The summed E-state index contributed by atoms with van der Waals surface area (Å²) in [5, 5.41) is 11.5. The SMILES string of the molecule is CC(C)(C)C(=O)Nc1ncc(F)cc1CCCO. The fraction of sp³-hybridized carbons (Fsp3) is 0.538. The van der Waals surface area contributed by atoms with Crippen molar-refractivity contribution in [2.24, 2.45) is 5.41 Å². The molecule has 1 aromatic heterocycles. The number of aliphatic hydroxyl groups is 1. The third kappa shape index (κ3) is 4.07. The van der Waals surface area contributed by atoms with Gasteiger partial charge < -0.3 is 10.4 Å². The van der Waals surface area contributed by atoms with E-state index in [9.17, 15) is 9.18 Å². The number of amides is 1. The second-order valence-electron chi connectivity index (χ2n) is 5.19. The van der Waals surface area contributed by atoms with Gasteiger partial charge in [0.1, 0.15) is 11.6 Å². The summed E-state index contributed by atoms with van der Waals surface area (Å²) in [6, 6.07) is 1.33. The maximum Gasteiger partial charge on any atom is 0.230 e. The van der Waals surface area contributed by atoms with Crippen LogP contribution in [0.2, 0.25) is 0 Å². The van der Waals surface area contributed by atoms with Crippen LogP contribution in [0.3, 0.4) is 0 Å². The number of carbonyl (C=O) groups excluding carboxylic acids is 1. The Balaban J connectivity index is 2.90. The lowest BCUT2D eigenvalue weighted by Crippen LogP contribution is -2.28. The van der Waals surface area contributed by atoms with E-state index in [4.69, 9.17) is 5.11 Å². The highest BCUT2D eigenvalue weighted by Crippen LogP contribution is 2.20. The summed E-state index contributed by atoms with van der Waals surface area (Å²) in [6.45, 7) is 5.39. The first-order valence-corrected chi connectivity index (χ1v) is 5.91. The number of aryl methyl sites for hydroxylation is 1. The second-order valence-corrected chi connectivity index (χ2v) is 5.19. The average molecular weight is 254 g/mol. The van der Waals surface area contributed by atoms with Gasteiger partial charge in [-0.2, -0.15) is 0 Å². The van der Waals surface area contributed by atoms with E-state index in [2.05, 4.69) is 10.3 Å². The summed E-state index contributed by atoms with van der Waals surface area (Å²) >= 11 is 0. The number of aliphatic hydroxyl groups excluding tert-OH is 1. The van der Waals surface area contributed by atoms with Gasteiger partial charge in [0.2, 0.25) is 5.91 Å². The molecule has 1 heterocycles. The maximum absolute atomic E-state index is 13.1. The van der Waals surface area contributed by atoms with Crippen LogP contribution in [0.5, 0.6) is 0 Å². The number of hydrogen-bond donors (Lipinski definition) is 2. The van der Waals surface area contributed by atoms with Crippen molar-refractivity contribution >= 4 is 11.7 Å². The van der Waals surface area contributed by atoms with Gasteiger partial charge in [0.05, 0.1) is 6.20 Å². The predicted molar refractivity (Wildman–Crippen MR) is 67.7 cm³/mol. The van der Waals surface area contributed by atoms with Gasteiger partial charge >= 0.3 is 0 Å². The van der Waals surface area contributed by atoms with E-state index in [0.717, 1.165) is 6.20 Å². The Morgan fingerprint density at radius 3 is 2.72 bits per heavy atom. The molecule has 0 aliphatic carbocycles. The smallest absolute Gasteiger partial charge is 0.230 e. The van der Waals surface area contributed by atoms with E-state index >= 15 is 0 Å². The fourth-order valence-corrected chi connectivity index (χ4v) is 1.35. The molecular formula is C13H19FN2O2. The summed E-state index contributed by atoms with van der Waals surface area (Å²) in [4.78, 5) is 15.7. The largest absolute Gasteiger partial charge is 0.396 e. The van der Waals surface area contributed by atoms with Gasteiger partial charge in [-0.1, -0.05) is 20.8 Å². The molecule has 0 bridgehead atoms. The molecule has 1 rings (SSSR count). The molecular weight excluding hydrogens is 235 g/mol. The Hall–Kier alpha value is -1.49. The number of nitrogens with one attached hydrogen (secondary N) is 1. The molecule has 0 spiro atoms. The molecule has 0 saturated carbocycles. The zero-order valence-corrected chi connectivity index (χ0v) is 11.0. The third-order valence-corrected chi connectivity index (χ3v) is 2.45. The fourth-order valence-electron chi connectivity index (χ4n) is 1.35. The van der Waals surface area contributed by atoms with Crippen LogP contribution in [-0.4, -0.2) is 22.6 Å². The Morgan fingerprint density at radius 2 is 2.17 bits per heavy atom. The summed E-state index contributed by atoms with van der Waals surface area (Å²) in [5.41, 5.74) is 0.0614. The van der Waals surface area contributed by atoms with Crippen molar-refractivity contribution in [1.82, 2.24) is 4.98 Å². The molecule has 0 fully saturated rings. The lowest BCUT2D eigenvalue weighted by molar-refractivity contribution is -0.123. The van der Waals surface area contributed by atoms with E-state index in [1.807, 2.05) is 0 Å². The van der Waals surface area contributed by atoms with Gasteiger partial charge in [0.15, 0.2) is 0 Å². The van der Waals surface area contributed by atoms with Gasteiger partial charge in [-0.05, 0) is 24.5 Å². The van der Waals surface area contributed by atoms with E-state index < -0.39 is 11.2 Å². The quantitative estimate of drug-likeness (QED) is 0.865. The molecule has 1 aromatic rings. The molecule has 1 amide bonds. The van der Waals surface area contributed by atoms with Crippen LogP contribution in [0, 0.1) is 11.2 Å². The molecule has 0 aromatic carbocycles. The highest BCUT2D eigenvalue weighted by atomic mass is 19.1. The van der Waals surface area contributed by atoms with Gasteiger partial charge in [-0.15, -0.1) is 0 Å². The van der Waals surface area contributed by atoms with Crippen LogP contribution in [0.25, 0.3) is 0 Å². The van der Waals surface area contributed by atoms with Crippen molar-refractivity contribution in [1.29, 1.82) is 0 Å². The van der Waals surface area contributed by atoms with Gasteiger partial charge in [0.25, 0.3) is 0 Å². The molecule has 0 radical (unpaired) electrons. The number of halogens is 1. The number of carbonyl (C=O) groups is 1. The first-order valence-electron chi connectivity index (χ1n) is 5.91. The van der Waals surface area contributed by atoms with Gasteiger partial charge in [-0.25, -0.2) is 9.37 Å². The summed E-state index contributed by atoms with van der Waals surface area (Å²) < 4.78 is 13.1. The Labute approximate surface area is 106 Å². The number of anilines is 1. The van der Waals surface area contributed by atoms with Crippen LogP contribution in [0.15, 0.2) is 12.3 Å². The number of aromatic nitrogens is 1. The van der Waals surface area contributed by atoms with Crippen LogP contribution >= 0.6 is 0 Å². The first-order chi connectivity index (χ1) is 8.34. The molecule has 0 saturated heterocycles. The van der Waals surface area contributed by atoms with Crippen molar-refractivity contribution < 1.29 is 14.3 Å². The lowest BCUT2D eigenvalue weighted by atomic mass is 9.95. The molecule has 5 heteroatoms. The molecule has 100 valence electrons. The minimum atomic E-state index is -0.537. The van der Waals surface area contributed by atoms with Crippen LogP contribution in [0.1, 0.15) is 32.8 Å². The average Bonchev–Trinajstić information content (AvgIpc) is 2.28. The van der Waals surface area contributed by atoms with Crippen molar-refractivity contribution in [2.75, 3.05) is 11.9 Å². The van der Waals surface area contributed by atoms with Crippen molar-refractivity contribution in [3.05, 3.63) is 23.6 Å². The minimum Gasteiger partial charge on any atom is -0.396 e. The summed E-state index contributed by atoms with van der Waals surface area (Å²) in [5.74, 6) is -0.256. The second kappa shape index (κ2) is 5.91. The molecule has 0 unspecified atom stereocenters. The Kier molecular flexibility index (Phi) is 4.78. The molecule has 0 aliphatic rings. The third-order valence-electron chi connectivity index (χ3n) is 2.45. The lowest BCUT2D eigenvalue weighted by Gasteiger charge is -2.18. The topological polar surface area (TPSA) is 62.2 Å². The minimum absolute atomic E-state index is 0.0170. The number of hydrogen-bond acceptors (Lipinski definition) is 3. The van der Waals surface area contributed by atoms with Gasteiger partial charge in [0, 0.05) is 12.0 Å². The van der Waals surface area contributed by atoms with E-state index in [1.165, 1.54) is 6.07 Å². The van der Waals surface area contributed by atoms with Gasteiger partial charge in [-0.3, -0.25) is 4.79 Å². The zero-order valence-electron chi connectivity index (χ0n) is 11.0. The monoisotopic (exact) mass is 254 g/mol. The highest BCUT2D eigenvalue weighted by molar-refractivity contribution is 5.94. The predicted octanol–water partition coefficient (Wildman–Crippen LogP) is 2.13. The standard InChI is InChI=1S/C13H19FN2O2/c1-13(2,3)12(18)16-11-9(5-4-6-17)7-10(14)8-15-11/h7-8,17H,4-6H2,1-3H3,(H,15,16,18). The van der Waals surface area contributed by atoms with E-state index in [1.54, 1.807) is 20.8 Å². The molecule has 2 N–H and O–H groups in total. The zero-order chi connectivity index (χ0) is 13.8. The number of rotatable bonds is 4. The first kappa shape index (κ1) is 14.6. The van der Waals surface area contributed by atoms with Crippen LogP contribution in [0.4, 0.5) is 10.2 Å².